The molecule has 2 aromatic carbocycles. The number of hydrogen-bond donors (Lipinski definition) is 1. The Morgan fingerprint density at radius 1 is 0.944 bits per heavy atom. The van der Waals surface area contributed by atoms with Crippen molar-refractivity contribution in [3.8, 4) is 11.3 Å². The van der Waals surface area contributed by atoms with Gasteiger partial charge < -0.3 is 4.98 Å². The average molecular weight is 347 g/mol. The van der Waals surface area contributed by atoms with Crippen LogP contribution in [0.2, 0.25) is 0 Å². The molecule has 2 nitrogen and oxygen atoms in total. The van der Waals surface area contributed by atoms with Gasteiger partial charge in [0.05, 0.1) is 0 Å². The molecule has 0 radical (unpaired) electrons. The number of hydrogen-bond acceptors (Lipinski definition) is 1. The van der Waals surface area contributed by atoms with E-state index >= 15 is 0 Å². The molecule has 0 atom stereocenters. The Morgan fingerprint density at radius 2 is 1.72 bits per heavy atom. The summed E-state index contributed by atoms with van der Waals surface area (Å²) in [5.41, 5.74) is 2.81. The quantitative estimate of drug-likeness (QED) is 0.668. The van der Waals surface area contributed by atoms with E-state index < -0.39 is 0 Å². The number of nitrogens with one attached hydrogen (secondary N) is 1. The predicted octanol–water partition coefficient (Wildman–Crippen LogP) is 3.80. The Morgan fingerprint density at radius 3 is 2.50 bits per heavy atom. The fourth-order valence-electron chi connectivity index (χ4n) is 1.99. The summed E-state index contributed by atoms with van der Waals surface area (Å²) in [6.07, 6.45) is 0. The van der Waals surface area contributed by atoms with Gasteiger partial charge in [-0.15, -0.1) is 0 Å². The number of aromatic nitrogens is 1. The lowest BCUT2D eigenvalue weighted by atomic mass is 10.1. The Kier molecular flexibility index (Phi) is 2.91. The molecular weight excluding hydrogens is 337 g/mol. The first-order valence-electron chi connectivity index (χ1n) is 5.62. The normalized spacial score (nSPS) is 10.7. The fourth-order valence-corrected chi connectivity index (χ4v) is 2.48. The molecule has 0 aliphatic rings. The number of rotatable bonds is 1. The lowest BCUT2D eigenvalue weighted by molar-refractivity contribution is 1.38. The zero-order valence-corrected chi connectivity index (χ0v) is 11.6. The third kappa shape index (κ3) is 2.06. The minimum absolute atomic E-state index is 0.0566. The smallest absolute Gasteiger partial charge is 0.190 e. The van der Waals surface area contributed by atoms with E-state index in [4.69, 9.17) is 0 Å². The molecule has 0 saturated carbocycles. The van der Waals surface area contributed by atoms with E-state index in [1.54, 1.807) is 6.07 Å². The van der Waals surface area contributed by atoms with E-state index in [-0.39, 0.29) is 5.43 Å². The van der Waals surface area contributed by atoms with E-state index in [0.29, 0.717) is 0 Å². The van der Waals surface area contributed by atoms with Crippen LogP contribution in [-0.2, 0) is 0 Å². The number of halogens is 1. The highest BCUT2D eigenvalue weighted by atomic mass is 127. The van der Waals surface area contributed by atoms with Gasteiger partial charge in [0, 0.05) is 26.2 Å². The maximum atomic E-state index is 12.1. The van der Waals surface area contributed by atoms with Crippen molar-refractivity contribution in [1.29, 1.82) is 0 Å². The summed E-state index contributed by atoms with van der Waals surface area (Å²) in [6, 6.07) is 17.4. The van der Waals surface area contributed by atoms with Gasteiger partial charge in [-0.1, -0.05) is 30.3 Å². The average Bonchev–Trinajstić information content (AvgIpc) is 2.40. The van der Waals surface area contributed by atoms with Crippen LogP contribution in [0.1, 0.15) is 0 Å². The van der Waals surface area contributed by atoms with Gasteiger partial charge >= 0.3 is 0 Å². The molecule has 0 bridgehead atoms. The van der Waals surface area contributed by atoms with E-state index in [1.807, 2.05) is 48.5 Å². The van der Waals surface area contributed by atoms with Gasteiger partial charge in [0.2, 0.25) is 0 Å². The monoisotopic (exact) mass is 347 g/mol. The molecule has 3 heteroatoms. The van der Waals surface area contributed by atoms with Crippen LogP contribution < -0.4 is 5.43 Å². The molecule has 0 aliphatic heterocycles. The first-order valence-corrected chi connectivity index (χ1v) is 6.70. The van der Waals surface area contributed by atoms with Crippen LogP contribution in [0.25, 0.3) is 22.2 Å². The zero-order chi connectivity index (χ0) is 12.5. The number of benzene rings is 2. The van der Waals surface area contributed by atoms with Crippen LogP contribution >= 0.6 is 22.6 Å². The summed E-state index contributed by atoms with van der Waals surface area (Å²) in [4.78, 5) is 15.4. The molecular formula is C15H10INO. The van der Waals surface area contributed by atoms with E-state index in [0.717, 1.165) is 25.7 Å². The lowest BCUT2D eigenvalue weighted by Crippen LogP contribution is -2.03. The fraction of sp³-hybridized carbons (Fsp3) is 0. The zero-order valence-electron chi connectivity index (χ0n) is 9.48. The van der Waals surface area contributed by atoms with Gasteiger partial charge in [0.15, 0.2) is 5.43 Å². The number of fused-ring (bicyclic) bond motifs is 1. The molecule has 1 heterocycles. The molecule has 0 fully saturated rings. The van der Waals surface area contributed by atoms with Gasteiger partial charge in [-0.05, 0) is 46.4 Å². The maximum Gasteiger partial charge on any atom is 0.190 e. The summed E-state index contributed by atoms with van der Waals surface area (Å²) in [7, 11) is 0. The van der Waals surface area contributed by atoms with Crippen molar-refractivity contribution < 1.29 is 0 Å². The first kappa shape index (κ1) is 11.5. The Balaban J connectivity index is 2.29. The van der Waals surface area contributed by atoms with E-state index in [2.05, 4.69) is 27.6 Å². The SMILES string of the molecule is O=c1cc(-c2ccccc2)[nH]c2ccc(I)cc12. The molecule has 18 heavy (non-hydrogen) atoms. The second-order valence-electron chi connectivity index (χ2n) is 4.10. The van der Waals surface area contributed by atoms with Gasteiger partial charge in [0.1, 0.15) is 0 Å². The summed E-state index contributed by atoms with van der Waals surface area (Å²) >= 11 is 2.21. The highest BCUT2D eigenvalue weighted by Crippen LogP contribution is 2.19. The summed E-state index contributed by atoms with van der Waals surface area (Å²) in [5, 5.41) is 0.738. The van der Waals surface area contributed by atoms with Crippen molar-refractivity contribution in [3.05, 3.63) is 68.4 Å². The van der Waals surface area contributed by atoms with Crippen molar-refractivity contribution in [1.82, 2.24) is 4.98 Å². The van der Waals surface area contributed by atoms with Gasteiger partial charge in [-0.3, -0.25) is 4.79 Å². The third-order valence-electron chi connectivity index (χ3n) is 2.88. The molecule has 0 amide bonds. The van der Waals surface area contributed by atoms with Crippen LogP contribution in [0.4, 0.5) is 0 Å². The molecule has 0 saturated heterocycles. The van der Waals surface area contributed by atoms with E-state index in [1.165, 1.54) is 0 Å². The highest BCUT2D eigenvalue weighted by molar-refractivity contribution is 14.1. The van der Waals surface area contributed by atoms with Crippen molar-refractivity contribution in [3.63, 3.8) is 0 Å². The van der Waals surface area contributed by atoms with Gasteiger partial charge in [0.25, 0.3) is 0 Å². The van der Waals surface area contributed by atoms with E-state index in [9.17, 15) is 4.79 Å². The van der Waals surface area contributed by atoms with Crippen LogP contribution in [-0.4, -0.2) is 4.98 Å². The highest BCUT2D eigenvalue weighted by Gasteiger charge is 2.04. The van der Waals surface area contributed by atoms with Crippen molar-refractivity contribution in [2.45, 2.75) is 0 Å². The van der Waals surface area contributed by atoms with Crippen LogP contribution in [0, 0.1) is 3.57 Å². The van der Waals surface area contributed by atoms with Crippen molar-refractivity contribution in [2.75, 3.05) is 0 Å². The number of aromatic amines is 1. The lowest BCUT2D eigenvalue weighted by Gasteiger charge is -2.04. The maximum absolute atomic E-state index is 12.1. The summed E-state index contributed by atoms with van der Waals surface area (Å²) < 4.78 is 1.07. The van der Waals surface area contributed by atoms with Crippen molar-refractivity contribution >= 4 is 33.5 Å². The van der Waals surface area contributed by atoms with Crippen molar-refractivity contribution in [2.24, 2.45) is 0 Å². The van der Waals surface area contributed by atoms with Crippen LogP contribution in [0.5, 0.6) is 0 Å². The summed E-state index contributed by atoms with van der Waals surface area (Å²) in [5.74, 6) is 0. The predicted molar refractivity (Wildman–Crippen MR) is 82.7 cm³/mol. The molecule has 0 spiro atoms. The number of H-pyrrole nitrogens is 1. The first-order chi connectivity index (χ1) is 8.74. The largest absolute Gasteiger partial charge is 0.354 e. The van der Waals surface area contributed by atoms with Crippen LogP contribution in [0.15, 0.2) is 59.4 Å². The minimum Gasteiger partial charge on any atom is -0.354 e. The Labute approximate surface area is 118 Å². The molecule has 1 N–H and O–H groups in total. The van der Waals surface area contributed by atoms with Gasteiger partial charge in [-0.2, -0.15) is 0 Å². The second kappa shape index (κ2) is 4.57. The molecule has 0 unspecified atom stereocenters. The third-order valence-corrected chi connectivity index (χ3v) is 3.55. The molecule has 88 valence electrons. The minimum atomic E-state index is 0.0566. The molecule has 0 aliphatic carbocycles. The summed E-state index contributed by atoms with van der Waals surface area (Å²) in [6.45, 7) is 0. The standard InChI is InChI=1S/C15H10INO/c16-11-6-7-13-12(8-11)15(18)9-14(17-13)10-4-2-1-3-5-10/h1-9H,(H,17,18). The number of pyridine rings is 1. The molecule has 1 aromatic heterocycles. The van der Waals surface area contributed by atoms with Gasteiger partial charge in [-0.25, -0.2) is 0 Å². The Bertz CT molecular complexity index is 762. The topological polar surface area (TPSA) is 32.9 Å². The molecule has 3 rings (SSSR count). The van der Waals surface area contributed by atoms with Crippen LogP contribution in [0.3, 0.4) is 0 Å². The second-order valence-corrected chi connectivity index (χ2v) is 5.35. The Hall–Kier alpha value is -1.62. The molecule has 3 aromatic rings.